The zero-order valence-electron chi connectivity index (χ0n) is 11.1. The molecule has 3 heteroatoms. The summed E-state index contributed by atoms with van der Waals surface area (Å²) in [6.45, 7) is 0. The van der Waals surface area contributed by atoms with E-state index in [1.54, 1.807) is 0 Å². The average Bonchev–Trinajstić information content (AvgIpc) is 2.83. The topological polar surface area (TPSA) is 35.2 Å². The van der Waals surface area contributed by atoms with Crippen LogP contribution in [0.25, 0.3) is 6.08 Å². The van der Waals surface area contributed by atoms with Gasteiger partial charge in [0.05, 0.1) is 5.76 Å². The van der Waals surface area contributed by atoms with E-state index in [0.29, 0.717) is 0 Å². The molecule has 0 radical (unpaired) electrons. The molecule has 1 unspecified atom stereocenters. The summed E-state index contributed by atoms with van der Waals surface area (Å²) in [4.78, 5) is 0. The Kier molecular flexibility index (Phi) is 3.64. The van der Waals surface area contributed by atoms with Gasteiger partial charge in [0, 0.05) is 22.9 Å². The second-order valence-corrected chi connectivity index (χ2v) is 5.94. The molecule has 20 heavy (non-hydrogen) atoms. The van der Waals surface area contributed by atoms with Gasteiger partial charge in [-0.3, -0.25) is 5.73 Å². The highest BCUT2D eigenvalue weighted by Crippen LogP contribution is 2.38. The van der Waals surface area contributed by atoms with Crippen molar-refractivity contribution in [3.8, 4) is 0 Å². The summed E-state index contributed by atoms with van der Waals surface area (Å²) in [6, 6.07) is 18.2. The fraction of sp³-hybridized carbons (Fsp3) is 0.176. The van der Waals surface area contributed by atoms with E-state index in [2.05, 4.69) is 34.1 Å². The van der Waals surface area contributed by atoms with E-state index in [0.717, 1.165) is 34.2 Å². The quantitative estimate of drug-likeness (QED) is 0.885. The maximum Gasteiger partial charge on any atom is 0.184 e. The fourth-order valence-corrected chi connectivity index (χ4v) is 2.84. The number of allylic oxidation sites excluding steroid dienone is 1. The summed E-state index contributed by atoms with van der Waals surface area (Å²) in [5.74, 6) is 0.943. The minimum atomic E-state index is -0.718. The monoisotopic (exact) mass is 329 g/mol. The molecule has 1 saturated heterocycles. The molecule has 1 heterocycles. The Morgan fingerprint density at radius 2 is 1.90 bits per heavy atom. The Morgan fingerprint density at radius 3 is 2.65 bits per heavy atom. The first-order valence-corrected chi connectivity index (χ1v) is 7.45. The first-order chi connectivity index (χ1) is 9.66. The number of nitrogens with two attached hydrogens (primary N) is 1. The van der Waals surface area contributed by atoms with Gasteiger partial charge in [0.2, 0.25) is 0 Å². The Morgan fingerprint density at radius 1 is 1.10 bits per heavy atom. The average molecular weight is 330 g/mol. The Hall–Kier alpha value is -1.58. The van der Waals surface area contributed by atoms with Gasteiger partial charge in [-0.05, 0) is 23.8 Å². The van der Waals surface area contributed by atoms with Crippen LogP contribution in [0.3, 0.4) is 0 Å². The summed E-state index contributed by atoms with van der Waals surface area (Å²) in [6.07, 6.45) is 3.71. The number of ether oxygens (including phenoxy) is 1. The molecule has 2 aromatic carbocycles. The van der Waals surface area contributed by atoms with Crippen molar-refractivity contribution in [2.24, 2.45) is 5.73 Å². The van der Waals surface area contributed by atoms with Gasteiger partial charge in [0.1, 0.15) is 0 Å². The zero-order chi connectivity index (χ0) is 14.0. The minimum Gasteiger partial charge on any atom is -0.473 e. The van der Waals surface area contributed by atoms with Crippen LogP contribution in [0.15, 0.2) is 64.8 Å². The van der Waals surface area contributed by atoms with Crippen molar-refractivity contribution < 1.29 is 4.74 Å². The second kappa shape index (κ2) is 5.43. The summed E-state index contributed by atoms with van der Waals surface area (Å²) in [7, 11) is 0. The summed E-state index contributed by atoms with van der Waals surface area (Å²) in [5.41, 5.74) is 7.83. The molecule has 0 amide bonds. The van der Waals surface area contributed by atoms with E-state index >= 15 is 0 Å². The standard InChI is InChI=1S/C17H16BrNO/c18-15-8-4-7-14(12-15)17(19)10-9-16(20-17)11-13-5-2-1-3-6-13/h1-8,11-12H,9-10,19H2/b16-11+. The van der Waals surface area contributed by atoms with Crippen LogP contribution in [-0.4, -0.2) is 0 Å². The smallest absolute Gasteiger partial charge is 0.184 e. The highest BCUT2D eigenvalue weighted by atomic mass is 79.9. The number of halogens is 1. The van der Waals surface area contributed by atoms with Crippen molar-refractivity contribution in [2.45, 2.75) is 18.6 Å². The summed E-state index contributed by atoms with van der Waals surface area (Å²) < 4.78 is 7.03. The van der Waals surface area contributed by atoms with Crippen molar-refractivity contribution in [3.05, 3.63) is 76.0 Å². The van der Waals surface area contributed by atoms with Gasteiger partial charge in [-0.25, -0.2) is 0 Å². The van der Waals surface area contributed by atoms with E-state index in [9.17, 15) is 0 Å². The molecule has 1 aliphatic heterocycles. The molecule has 1 aliphatic rings. The van der Waals surface area contributed by atoms with E-state index in [-0.39, 0.29) is 0 Å². The van der Waals surface area contributed by atoms with E-state index in [1.807, 2.05) is 42.5 Å². The van der Waals surface area contributed by atoms with Crippen LogP contribution in [-0.2, 0) is 10.5 Å². The zero-order valence-corrected chi connectivity index (χ0v) is 12.6. The molecule has 102 valence electrons. The largest absolute Gasteiger partial charge is 0.473 e. The van der Waals surface area contributed by atoms with Gasteiger partial charge in [0.15, 0.2) is 5.72 Å². The van der Waals surface area contributed by atoms with Crippen LogP contribution in [0.1, 0.15) is 24.0 Å². The van der Waals surface area contributed by atoms with Gasteiger partial charge in [-0.2, -0.15) is 0 Å². The molecule has 0 saturated carbocycles. The summed E-state index contributed by atoms with van der Waals surface area (Å²) in [5, 5.41) is 0. The highest BCUT2D eigenvalue weighted by molar-refractivity contribution is 9.10. The van der Waals surface area contributed by atoms with Gasteiger partial charge in [0.25, 0.3) is 0 Å². The van der Waals surface area contributed by atoms with Crippen LogP contribution >= 0.6 is 15.9 Å². The van der Waals surface area contributed by atoms with Gasteiger partial charge < -0.3 is 4.74 Å². The third-order valence-corrected chi connectivity index (χ3v) is 3.99. The molecule has 0 aromatic heterocycles. The molecule has 1 fully saturated rings. The third-order valence-electron chi connectivity index (χ3n) is 3.50. The highest BCUT2D eigenvalue weighted by Gasteiger charge is 2.36. The second-order valence-electron chi connectivity index (χ2n) is 5.02. The maximum absolute atomic E-state index is 6.41. The van der Waals surface area contributed by atoms with Crippen LogP contribution in [0.2, 0.25) is 0 Å². The van der Waals surface area contributed by atoms with Gasteiger partial charge >= 0.3 is 0 Å². The van der Waals surface area contributed by atoms with E-state index < -0.39 is 5.72 Å². The molecular weight excluding hydrogens is 314 g/mol. The number of hydrogen-bond acceptors (Lipinski definition) is 2. The van der Waals surface area contributed by atoms with Crippen molar-refractivity contribution in [1.82, 2.24) is 0 Å². The first-order valence-electron chi connectivity index (χ1n) is 6.65. The van der Waals surface area contributed by atoms with Gasteiger partial charge in [-0.15, -0.1) is 0 Å². The molecule has 0 bridgehead atoms. The predicted molar refractivity (Wildman–Crippen MR) is 84.7 cm³/mol. The fourth-order valence-electron chi connectivity index (χ4n) is 2.44. The van der Waals surface area contributed by atoms with Crippen molar-refractivity contribution in [3.63, 3.8) is 0 Å². The van der Waals surface area contributed by atoms with E-state index in [4.69, 9.17) is 10.5 Å². The molecule has 1 atom stereocenters. The van der Waals surface area contributed by atoms with Crippen LogP contribution in [0.5, 0.6) is 0 Å². The van der Waals surface area contributed by atoms with Crippen LogP contribution in [0.4, 0.5) is 0 Å². The number of hydrogen-bond donors (Lipinski definition) is 1. The molecule has 2 aromatic rings. The Labute approximate surface area is 127 Å². The normalized spacial score (nSPS) is 23.8. The first kappa shape index (κ1) is 13.4. The summed E-state index contributed by atoms with van der Waals surface area (Å²) >= 11 is 3.48. The number of rotatable bonds is 2. The molecule has 2 nitrogen and oxygen atoms in total. The molecular formula is C17H16BrNO. The lowest BCUT2D eigenvalue weighted by Crippen LogP contribution is -2.35. The molecule has 0 spiro atoms. The number of benzene rings is 2. The van der Waals surface area contributed by atoms with Crippen molar-refractivity contribution in [1.29, 1.82) is 0 Å². The van der Waals surface area contributed by atoms with E-state index in [1.165, 1.54) is 0 Å². The lowest BCUT2D eigenvalue weighted by molar-refractivity contribution is 0.0441. The SMILES string of the molecule is NC1(c2cccc(Br)c2)CC/C(=C\c2ccccc2)O1. The van der Waals surface area contributed by atoms with Crippen LogP contribution in [0, 0.1) is 0 Å². The maximum atomic E-state index is 6.41. The lowest BCUT2D eigenvalue weighted by Gasteiger charge is -2.24. The molecule has 3 rings (SSSR count). The molecule has 2 N–H and O–H groups in total. The van der Waals surface area contributed by atoms with Crippen molar-refractivity contribution >= 4 is 22.0 Å². The Bertz CT molecular complexity index is 638. The van der Waals surface area contributed by atoms with Gasteiger partial charge in [-0.1, -0.05) is 58.4 Å². The van der Waals surface area contributed by atoms with Crippen LogP contribution < -0.4 is 5.73 Å². The lowest BCUT2D eigenvalue weighted by atomic mass is 10.0. The minimum absolute atomic E-state index is 0.718. The van der Waals surface area contributed by atoms with Crippen molar-refractivity contribution in [2.75, 3.05) is 0 Å². The predicted octanol–water partition coefficient (Wildman–Crippen LogP) is 4.41. The third kappa shape index (κ3) is 2.79. The Balaban J connectivity index is 1.84. The molecule has 0 aliphatic carbocycles.